The van der Waals surface area contributed by atoms with E-state index in [1.54, 1.807) is 18.2 Å². The minimum Gasteiger partial charge on any atom is -0.469 e. The SMILES string of the molecule is COC(=O)CC(NC(=O)[C@H](CC(C)C)n1cnc2ccccc2c1=O)c1cccc(N2CCCCC2)c1. The Morgan fingerprint density at radius 2 is 1.81 bits per heavy atom. The summed E-state index contributed by atoms with van der Waals surface area (Å²) >= 11 is 0. The predicted octanol–water partition coefficient (Wildman–Crippen LogP) is 4.39. The molecule has 0 spiro atoms. The van der Waals surface area contributed by atoms with Crippen LogP contribution in [-0.4, -0.2) is 41.6 Å². The van der Waals surface area contributed by atoms with Crippen LogP contribution in [0.3, 0.4) is 0 Å². The Hall–Kier alpha value is -3.68. The molecule has 0 aliphatic carbocycles. The van der Waals surface area contributed by atoms with E-state index in [1.807, 2.05) is 38.1 Å². The number of methoxy groups -OCH3 is 1. The summed E-state index contributed by atoms with van der Waals surface area (Å²) in [5, 5.41) is 3.53. The van der Waals surface area contributed by atoms with Gasteiger partial charge in [0, 0.05) is 18.8 Å². The van der Waals surface area contributed by atoms with E-state index >= 15 is 0 Å². The van der Waals surface area contributed by atoms with Crippen LogP contribution >= 0.6 is 0 Å². The lowest BCUT2D eigenvalue weighted by Gasteiger charge is -2.30. The molecule has 8 nitrogen and oxygen atoms in total. The first kappa shape index (κ1) is 26.4. The fourth-order valence-electron chi connectivity index (χ4n) is 4.96. The number of benzene rings is 2. The summed E-state index contributed by atoms with van der Waals surface area (Å²) in [5.41, 5.74) is 2.23. The van der Waals surface area contributed by atoms with Gasteiger partial charge in [0.15, 0.2) is 0 Å². The van der Waals surface area contributed by atoms with Crippen molar-refractivity contribution in [3.8, 4) is 0 Å². The predicted molar refractivity (Wildman–Crippen MR) is 145 cm³/mol. The molecule has 2 aromatic carbocycles. The maximum Gasteiger partial charge on any atom is 0.307 e. The Balaban J connectivity index is 1.66. The van der Waals surface area contributed by atoms with Crippen molar-refractivity contribution < 1.29 is 14.3 Å². The van der Waals surface area contributed by atoms with Crippen molar-refractivity contribution in [2.75, 3.05) is 25.1 Å². The zero-order valence-corrected chi connectivity index (χ0v) is 21.9. The van der Waals surface area contributed by atoms with Gasteiger partial charge in [-0.05, 0) is 61.4 Å². The first-order valence-electron chi connectivity index (χ1n) is 13.1. The van der Waals surface area contributed by atoms with Crippen molar-refractivity contribution in [1.29, 1.82) is 0 Å². The van der Waals surface area contributed by atoms with Crippen LogP contribution in [-0.2, 0) is 14.3 Å². The molecule has 1 unspecified atom stereocenters. The van der Waals surface area contributed by atoms with Gasteiger partial charge >= 0.3 is 5.97 Å². The summed E-state index contributed by atoms with van der Waals surface area (Å²) < 4.78 is 6.36. The number of piperidine rings is 1. The number of hydrogen-bond acceptors (Lipinski definition) is 6. The van der Waals surface area contributed by atoms with E-state index < -0.39 is 18.1 Å². The highest BCUT2D eigenvalue weighted by atomic mass is 16.5. The molecule has 196 valence electrons. The molecule has 4 rings (SSSR count). The number of fused-ring (bicyclic) bond motifs is 1. The standard InChI is InChI=1S/C29H36N4O4/c1-20(2)16-26(33-19-30-24-13-6-5-12-23(24)29(33)36)28(35)31-25(18-27(34)37-3)21-10-9-11-22(17-21)32-14-7-4-8-15-32/h5-6,9-13,17,19-20,25-26H,4,7-8,14-16,18H2,1-3H3,(H,31,35)/t25?,26-/m0/s1. The van der Waals surface area contributed by atoms with E-state index in [0.717, 1.165) is 37.2 Å². The number of anilines is 1. The Morgan fingerprint density at radius 1 is 1.05 bits per heavy atom. The molecular formula is C29H36N4O4. The van der Waals surface area contributed by atoms with Crippen LogP contribution in [0.2, 0.25) is 0 Å². The maximum absolute atomic E-state index is 13.7. The van der Waals surface area contributed by atoms with Crippen molar-refractivity contribution in [2.45, 2.75) is 58.0 Å². The van der Waals surface area contributed by atoms with Crippen LogP contribution in [0, 0.1) is 5.92 Å². The van der Waals surface area contributed by atoms with Gasteiger partial charge in [-0.15, -0.1) is 0 Å². The summed E-state index contributed by atoms with van der Waals surface area (Å²) in [5.74, 6) is -0.598. The molecule has 1 saturated heterocycles. The second-order valence-electron chi connectivity index (χ2n) is 10.1. The first-order chi connectivity index (χ1) is 17.9. The van der Waals surface area contributed by atoms with Crippen molar-refractivity contribution in [1.82, 2.24) is 14.9 Å². The van der Waals surface area contributed by atoms with Gasteiger partial charge in [-0.2, -0.15) is 0 Å². The van der Waals surface area contributed by atoms with Crippen LogP contribution in [0.15, 0.2) is 59.7 Å². The lowest BCUT2D eigenvalue weighted by atomic mass is 9.99. The van der Waals surface area contributed by atoms with Gasteiger partial charge in [0.1, 0.15) is 6.04 Å². The van der Waals surface area contributed by atoms with Gasteiger partial charge in [-0.25, -0.2) is 4.98 Å². The Morgan fingerprint density at radius 3 is 2.54 bits per heavy atom. The zero-order valence-electron chi connectivity index (χ0n) is 21.9. The summed E-state index contributed by atoms with van der Waals surface area (Å²) in [6, 6.07) is 13.7. The molecule has 0 radical (unpaired) electrons. The molecule has 37 heavy (non-hydrogen) atoms. The minimum atomic E-state index is -0.768. The molecule has 0 bridgehead atoms. The highest BCUT2D eigenvalue weighted by Gasteiger charge is 2.28. The average Bonchev–Trinajstić information content (AvgIpc) is 2.92. The highest BCUT2D eigenvalue weighted by Crippen LogP contribution is 2.27. The van der Waals surface area contributed by atoms with Crippen molar-refractivity contribution in [2.24, 2.45) is 5.92 Å². The van der Waals surface area contributed by atoms with Crippen LogP contribution in [0.4, 0.5) is 5.69 Å². The molecule has 8 heteroatoms. The van der Waals surface area contributed by atoms with E-state index in [1.165, 1.54) is 24.4 Å². The number of carbonyl (C=O) groups excluding carboxylic acids is 2. The highest BCUT2D eigenvalue weighted by molar-refractivity contribution is 5.83. The van der Waals surface area contributed by atoms with Gasteiger partial charge in [-0.1, -0.05) is 38.1 Å². The Kier molecular flexibility index (Phi) is 8.58. The van der Waals surface area contributed by atoms with Crippen molar-refractivity contribution >= 4 is 28.5 Å². The van der Waals surface area contributed by atoms with Crippen LogP contribution in [0.1, 0.15) is 63.6 Å². The van der Waals surface area contributed by atoms with Gasteiger partial charge in [-0.3, -0.25) is 19.0 Å². The third-order valence-corrected chi connectivity index (χ3v) is 6.93. The number of carbonyl (C=O) groups is 2. The van der Waals surface area contributed by atoms with Crippen molar-refractivity contribution in [3.05, 3.63) is 70.8 Å². The van der Waals surface area contributed by atoms with Gasteiger partial charge in [0.25, 0.3) is 5.56 Å². The number of amides is 1. The second kappa shape index (κ2) is 12.0. The summed E-state index contributed by atoms with van der Waals surface area (Å²) in [6.45, 7) is 6.00. The van der Waals surface area contributed by atoms with Crippen LogP contribution in [0.5, 0.6) is 0 Å². The smallest absolute Gasteiger partial charge is 0.307 e. The second-order valence-corrected chi connectivity index (χ2v) is 10.1. The molecule has 1 fully saturated rings. The number of esters is 1. The average molecular weight is 505 g/mol. The number of aromatic nitrogens is 2. The van der Waals surface area contributed by atoms with E-state index in [-0.39, 0.29) is 23.8 Å². The van der Waals surface area contributed by atoms with Crippen LogP contribution < -0.4 is 15.8 Å². The normalized spacial score (nSPS) is 15.4. The fourth-order valence-corrected chi connectivity index (χ4v) is 4.96. The van der Waals surface area contributed by atoms with Crippen LogP contribution in [0.25, 0.3) is 10.9 Å². The van der Waals surface area contributed by atoms with E-state index in [9.17, 15) is 14.4 Å². The molecule has 1 aliphatic rings. The lowest BCUT2D eigenvalue weighted by Crippen LogP contribution is -2.40. The monoisotopic (exact) mass is 504 g/mol. The molecule has 1 aliphatic heterocycles. The number of nitrogens with zero attached hydrogens (tertiary/aromatic N) is 3. The number of ether oxygens (including phenoxy) is 1. The quantitative estimate of drug-likeness (QED) is 0.434. The minimum absolute atomic E-state index is 0.00897. The molecule has 2 heterocycles. The lowest BCUT2D eigenvalue weighted by molar-refractivity contribution is -0.141. The molecule has 1 aromatic heterocycles. The molecule has 2 atom stereocenters. The Bertz CT molecular complexity index is 1300. The largest absolute Gasteiger partial charge is 0.469 e. The number of rotatable bonds is 9. The maximum atomic E-state index is 13.7. The zero-order chi connectivity index (χ0) is 26.4. The summed E-state index contributed by atoms with van der Waals surface area (Å²) in [4.78, 5) is 46.2. The van der Waals surface area contributed by atoms with E-state index in [4.69, 9.17) is 4.74 Å². The molecule has 0 saturated carbocycles. The first-order valence-corrected chi connectivity index (χ1v) is 13.1. The molecule has 1 amide bonds. The topological polar surface area (TPSA) is 93.5 Å². The number of nitrogens with one attached hydrogen (secondary N) is 1. The number of hydrogen-bond donors (Lipinski definition) is 1. The molecule has 3 aromatic rings. The number of para-hydroxylation sites is 1. The van der Waals surface area contributed by atoms with Gasteiger partial charge in [0.2, 0.25) is 5.91 Å². The third-order valence-electron chi connectivity index (χ3n) is 6.93. The van der Waals surface area contributed by atoms with Gasteiger partial charge in [0.05, 0.1) is 36.8 Å². The Labute approximate surface area is 217 Å². The summed E-state index contributed by atoms with van der Waals surface area (Å²) in [6.07, 6.45) is 5.42. The molecular weight excluding hydrogens is 468 g/mol. The summed E-state index contributed by atoms with van der Waals surface area (Å²) in [7, 11) is 1.34. The van der Waals surface area contributed by atoms with Gasteiger partial charge < -0.3 is 15.0 Å². The molecule has 1 N–H and O–H groups in total. The van der Waals surface area contributed by atoms with E-state index in [2.05, 4.69) is 21.3 Å². The fraction of sp³-hybridized carbons (Fsp3) is 0.448. The third kappa shape index (κ3) is 6.37. The van der Waals surface area contributed by atoms with E-state index in [0.29, 0.717) is 17.3 Å². The van der Waals surface area contributed by atoms with Crippen molar-refractivity contribution in [3.63, 3.8) is 0 Å².